The molecule has 0 fully saturated rings. The topological polar surface area (TPSA) is 76.7 Å². The van der Waals surface area contributed by atoms with Crippen LogP contribution in [0.3, 0.4) is 0 Å². The van der Waals surface area contributed by atoms with E-state index in [4.69, 9.17) is 25.9 Å². The molecule has 170 valence electrons. The first kappa shape index (κ1) is 23.7. The van der Waals surface area contributed by atoms with Crippen molar-refractivity contribution in [2.75, 3.05) is 6.61 Å². The summed E-state index contributed by atoms with van der Waals surface area (Å²) in [6.07, 6.45) is -2.11. The number of carboxylic acids is 1. The Labute approximate surface area is 186 Å². The molecule has 0 amide bonds. The van der Waals surface area contributed by atoms with E-state index in [-0.39, 0.29) is 51.5 Å². The van der Waals surface area contributed by atoms with Crippen molar-refractivity contribution in [1.82, 2.24) is 0 Å². The van der Waals surface area contributed by atoms with Gasteiger partial charge in [0.1, 0.15) is 11.5 Å². The predicted molar refractivity (Wildman–Crippen MR) is 114 cm³/mol. The van der Waals surface area contributed by atoms with Gasteiger partial charge < -0.3 is 14.3 Å². The van der Waals surface area contributed by atoms with Crippen LogP contribution >= 0.6 is 11.6 Å². The van der Waals surface area contributed by atoms with E-state index in [9.17, 15) is 22.8 Å². The molecular weight excluding hydrogens is 449 g/mol. The Bertz CT molecular complexity index is 1170. The van der Waals surface area contributed by atoms with Gasteiger partial charge in [0.05, 0.1) is 28.1 Å². The summed E-state index contributed by atoms with van der Waals surface area (Å²) in [6, 6.07) is 8.86. The van der Waals surface area contributed by atoms with Gasteiger partial charge in [-0.25, -0.2) is 0 Å². The van der Waals surface area contributed by atoms with Crippen LogP contribution in [0.2, 0.25) is 5.02 Å². The van der Waals surface area contributed by atoms with E-state index in [1.54, 1.807) is 18.2 Å². The lowest BCUT2D eigenvalue weighted by Crippen LogP contribution is -2.07. The second kappa shape index (κ2) is 10.1. The van der Waals surface area contributed by atoms with E-state index in [1.165, 1.54) is 12.1 Å². The summed E-state index contributed by atoms with van der Waals surface area (Å²) in [6.45, 7) is 0.125. The molecule has 9 heteroatoms. The molecule has 0 unspecified atom stereocenters. The summed E-state index contributed by atoms with van der Waals surface area (Å²) in [4.78, 5) is 23.0. The van der Waals surface area contributed by atoms with Gasteiger partial charge in [-0.2, -0.15) is 13.2 Å². The molecule has 2 aromatic carbocycles. The van der Waals surface area contributed by atoms with Gasteiger partial charge in [-0.1, -0.05) is 30.5 Å². The fraction of sp³-hybridized carbons (Fsp3) is 0.304. The summed E-state index contributed by atoms with van der Waals surface area (Å²) in [7, 11) is 0. The molecule has 3 aromatic rings. The molecule has 0 radical (unpaired) electrons. The molecule has 0 spiro atoms. The van der Waals surface area contributed by atoms with Crippen LogP contribution < -0.4 is 10.2 Å². The lowest BCUT2D eigenvalue weighted by Gasteiger charge is -2.15. The zero-order chi connectivity index (χ0) is 23.3. The number of hydrogen-bond donors (Lipinski definition) is 1. The standard InChI is InChI=1S/C23H20ClF3O5/c24-17-7-5-6-15-18(28)13-20(32-22(15)17)16-10-9-14(23(25,26)27)12-19(16)31-11-4-2-1-3-8-21(29)30/h5-7,9-10,12-13H,1-4,8,11H2,(H,29,30). The van der Waals surface area contributed by atoms with Crippen molar-refractivity contribution >= 4 is 28.5 Å². The molecule has 1 N–H and O–H groups in total. The third kappa shape index (κ3) is 5.82. The highest BCUT2D eigenvalue weighted by Gasteiger charge is 2.31. The maximum Gasteiger partial charge on any atom is 0.416 e. The fourth-order valence-corrected chi connectivity index (χ4v) is 3.42. The molecule has 0 aliphatic rings. The van der Waals surface area contributed by atoms with Crippen molar-refractivity contribution in [3.05, 3.63) is 63.3 Å². The highest BCUT2D eigenvalue weighted by molar-refractivity contribution is 6.34. The van der Waals surface area contributed by atoms with Gasteiger partial charge in [0.25, 0.3) is 0 Å². The smallest absolute Gasteiger partial charge is 0.416 e. The molecular formula is C23H20ClF3O5. The minimum absolute atomic E-state index is 0.0424. The van der Waals surface area contributed by atoms with Gasteiger partial charge in [0, 0.05) is 12.5 Å². The van der Waals surface area contributed by atoms with Crippen molar-refractivity contribution < 1.29 is 32.2 Å². The second-order valence-electron chi connectivity index (χ2n) is 7.21. The number of rotatable bonds is 9. The van der Waals surface area contributed by atoms with E-state index < -0.39 is 17.7 Å². The lowest BCUT2D eigenvalue weighted by molar-refractivity contribution is -0.138. The molecule has 5 nitrogen and oxygen atoms in total. The Balaban J connectivity index is 1.87. The largest absolute Gasteiger partial charge is 0.493 e. The van der Waals surface area contributed by atoms with Crippen LogP contribution in [0.15, 0.2) is 51.7 Å². The number of hydrogen-bond acceptors (Lipinski definition) is 4. The third-order valence-electron chi connectivity index (χ3n) is 4.82. The number of halogens is 4. The third-order valence-corrected chi connectivity index (χ3v) is 5.12. The molecule has 1 aromatic heterocycles. The molecule has 0 aliphatic heterocycles. The van der Waals surface area contributed by atoms with Crippen molar-refractivity contribution in [3.63, 3.8) is 0 Å². The number of alkyl halides is 3. The summed E-state index contributed by atoms with van der Waals surface area (Å²) >= 11 is 6.13. The summed E-state index contributed by atoms with van der Waals surface area (Å²) in [5.41, 5.74) is -0.935. The Hall–Kier alpha value is -3.00. The first-order valence-electron chi connectivity index (χ1n) is 9.95. The predicted octanol–water partition coefficient (Wildman–Crippen LogP) is 6.55. The second-order valence-corrected chi connectivity index (χ2v) is 7.61. The number of unbranched alkanes of at least 4 members (excludes halogenated alkanes) is 3. The van der Waals surface area contributed by atoms with Crippen LogP contribution in [-0.4, -0.2) is 17.7 Å². The maximum absolute atomic E-state index is 13.2. The van der Waals surface area contributed by atoms with Crippen molar-refractivity contribution in [1.29, 1.82) is 0 Å². The quantitative estimate of drug-likeness (QED) is 0.360. The van der Waals surface area contributed by atoms with Gasteiger partial charge in [0.15, 0.2) is 11.0 Å². The van der Waals surface area contributed by atoms with Crippen LogP contribution in [0, 0.1) is 0 Å². The molecule has 1 heterocycles. The molecule has 0 saturated carbocycles. The van der Waals surface area contributed by atoms with E-state index in [0.717, 1.165) is 12.1 Å². The SMILES string of the molecule is O=C(O)CCCCCCOc1cc(C(F)(F)F)ccc1-c1cc(=O)c2cccc(Cl)c2o1. The van der Waals surface area contributed by atoms with Gasteiger partial charge in [0.2, 0.25) is 0 Å². The Morgan fingerprint density at radius 1 is 1.06 bits per heavy atom. The molecule has 0 saturated heterocycles. The number of aliphatic carboxylic acids is 1. The number of carboxylic acid groups (broad SMARTS) is 1. The molecule has 0 aliphatic carbocycles. The molecule has 0 atom stereocenters. The van der Waals surface area contributed by atoms with E-state index in [0.29, 0.717) is 25.7 Å². The summed E-state index contributed by atoms with van der Waals surface area (Å²) in [5, 5.41) is 9.11. The Kier molecular flexibility index (Phi) is 7.45. The van der Waals surface area contributed by atoms with Gasteiger partial charge in [-0.05, 0) is 43.2 Å². The summed E-state index contributed by atoms with van der Waals surface area (Å²) < 4.78 is 51.1. The minimum atomic E-state index is -4.57. The minimum Gasteiger partial charge on any atom is -0.493 e. The van der Waals surface area contributed by atoms with Gasteiger partial charge >= 0.3 is 12.1 Å². The van der Waals surface area contributed by atoms with Crippen LogP contribution in [-0.2, 0) is 11.0 Å². The van der Waals surface area contributed by atoms with E-state index >= 15 is 0 Å². The molecule has 0 bridgehead atoms. The zero-order valence-electron chi connectivity index (χ0n) is 16.9. The highest BCUT2D eigenvalue weighted by Crippen LogP contribution is 2.38. The van der Waals surface area contributed by atoms with Gasteiger partial charge in [-0.15, -0.1) is 0 Å². The average molecular weight is 469 g/mol. The molecule has 32 heavy (non-hydrogen) atoms. The number of para-hydroxylation sites is 1. The van der Waals surface area contributed by atoms with Crippen molar-refractivity contribution in [2.24, 2.45) is 0 Å². The first-order chi connectivity index (χ1) is 15.2. The number of fused-ring (bicyclic) bond motifs is 1. The van der Waals surface area contributed by atoms with E-state index in [2.05, 4.69) is 0 Å². The fourth-order valence-electron chi connectivity index (χ4n) is 3.21. The van der Waals surface area contributed by atoms with Crippen LogP contribution in [0.4, 0.5) is 13.2 Å². The number of carbonyl (C=O) groups is 1. The monoisotopic (exact) mass is 468 g/mol. The Morgan fingerprint density at radius 3 is 2.53 bits per heavy atom. The number of benzene rings is 2. The van der Waals surface area contributed by atoms with Crippen molar-refractivity contribution in [2.45, 2.75) is 38.3 Å². The summed E-state index contributed by atoms with van der Waals surface area (Å²) in [5.74, 6) is -0.896. The number of ether oxygens (including phenoxy) is 1. The average Bonchev–Trinajstić information content (AvgIpc) is 2.72. The maximum atomic E-state index is 13.2. The lowest BCUT2D eigenvalue weighted by atomic mass is 10.1. The van der Waals surface area contributed by atoms with Crippen LogP contribution in [0.5, 0.6) is 5.75 Å². The zero-order valence-corrected chi connectivity index (χ0v) is 17.6. The van der Waals surface area contributed by atoms with E-state index in [1.807, 2.05) is 0 Å². The highest BCUT2D eigenvalue weighted by atomic mass is 35.5. The van der Waals surface area contributed by atoms with Crippen molar-refractivity contribution in [3.8, 4) is 17.1 Å². The molecule has 3 rings (SSSR count). The first-order valence-corrected chi connectivity index (χ1v) is 10.3. The van der Waals surface area contributed by atoms with Crippen LogP contribution in [0.25, 0.3) is 22.3 Å². The Morgan fingerprint density at radius 2 is 1.81 bits per heavy atom. The normalized spacial score (nSPS) is 11.6. The van der Waals surface area contributed by atoms with Crippen LogP contribution in [0.1, 0.15) is 37.7 Å². The van der Waals surface area contributed by atoms with Gasteiger partial charge in [-0.3, -0.25) is 9.59 Å².